The van der Waals surface area contributed by atoms with Crippen LogP contribution in [-0.2, 0) is 6.54 Å². The highest BCUT2D eigenvalue weighted by molar-refractivity contribution is 7.85. The van der Waals surface area contributed by atoms with E-state index in [0.717, 1.165) is 38.5 Å². The minimum atomic E-state index is 0.694. The largest absolute Gasteiger partial charge is 0.451 e. The average Bonchev–Trinajstić information content (AvgIpc) is 2.70. The van der Waals surface area contributed by atoms with Crippen LogP contribution in [0.2, 0.25) is 0 Å². The van der Waals surface area contributed by atoms with Crippen LogP contribution in [0.1, 0.15) is 11.5 Å². The Kier molecular flexibility index (Phi) is 3.94. The van der Waals surface area contributed by atoms with Crippen LogP contribution in [-0.4, -0.2) is 43.0 Å². The molecule has 0 atom stereocenters. The Morgan fingerprint density at radius 2 is 2.06 bits per heavy atom. The van der Waals surface area contributed by atoms with E-state index in [0.29, 0.717) is 5.76 Å². The van der Waals surface area contributed by atoms with E-state index in [1.165, 1.54) is 0 Å². The molecule has 86 valence electrons. The fraction of sp³-hybridized carbons (Fsp3) is 0.500. The van der Waals surface area contributed by atoms with Crippen molar-refractivity contribution in [3.8, 4) is 11.2 Å². The van der Waals surface area contributed by atoms with Gasteiger partial charge in [-0.1, -0.05) is 12.6 Å². The molecule has 0 amide bonds. The molecule has 4 heteroatoms. The number of likely N-dealkylation sites (N-methyl/N-ethyl adjacent to an activating group) is 1. The molecular weight excluding hydrogens is 220 g/mol. The third-order valence-corrected chi connectivity index (χ3v) is 2.93. The van der Waals surface area contributed by atoms with Crippen molar-refractivity contribution in [1.29, 1.82) is 0 Å². The second-order valence-electron chi connectivity index (χ2n) is 4.08. The van der Waals surface area contributed by atoms with E-state index in [4.69, 9.17) is 4.42 Å². The number of nitrogens with zero attached hydrogens (tertiary/aromatic N) is 2. The van der Waals surface area contributed by atoms with Crippen molar-refractivity contribution < 1.29 is 4.42 Å². The van der Waals surface area contributed by atoms with E-state index in [1.54, 1.807) is 0 Å². The van der Waals surface area contributed by atoms with Gasteiger partial charge in [-0.2, -0.15) is 0 Å². The highest BCUT2D eigenvalue weighted by Gasteiger charge is 2.14. The van der Waals surface area contributed by atoms with Gasteiger partial charge < -0.3 is 9.32 Å². The molecule has 0 aliphatic carbocycles. The zero-order valence-corrected chi connectivity index (χ0v) is 10.3. The number of thiol groups is 1. The maximum atomic E-state index is 5.58. The SMILES string of the molecule is CN1CCN(Cc2ccc(C#CS)o2)CC1. The summed E-state index contributed by atoms with van der Waals surface area (Å²) in [4.78, 5) is 4.74. The van der Waals surface area contributed by atoms with Crippen molar-refractivity contribution in [2.75, 3.05) is 33.2 Å². The lowest BCUT2D eigenvalue weighted by atomic mass is 10.3. The molecule has 1 aromatic rings. The summed E-state index contributed by atoms with van der Waals surface area (Å²) in [5.41, 5.74) is 0. The Bertz CT molecular complexity index is 397. The first-order valence-electron chi connectivity index (χ1n) is 5.42. The summed E-state index contributed by atoms with van der Waals surface area (Å²) in [6.45, 7) is 5.34. The van der Waals surface area contributed by atoms with Crippen molar-refractivity contribution in [3.05, 3.63) is 23.7 Å². The van der Waals surface area contributed by atoms with Crippen LogP contribution in [0.5, 0.6) is 0 Å². The normalized spacial score (nSPS) is 18.1. The molecule has 2 rings (SSSR count). The Hall–Kier alpha value is -0.890. The molecule has 0 bridgehead atoms. The van der Waals surface area contributed by atoms with Gasteiger partial charge in [0.1, 0.15) is 5.76 Å². The number of furan rings is 1. The van der Waals surface area contributed by atoms with Crippen LogP contribution < -0.4 is 0 Å². The molecule has 2 heterocycles. The molecule has 16 heavy (non-hydrogen) atoms. The molecule has 3 nitrogen and oxygen atoms in total. The molecular formula is C12H16N2OS. The zero-order chi connectivity index (χ0) is 11.4. The topological polar surface area (TPSA) is 19.6 Å². The van der Waals surface area contributed by atoms with Gasteiger partial charge in [0.2, 0.25) is 0 Å². The van der Waals surface area contributed by atoms with Gasteiger partial charge in [-0.3, -0.25) is 4.90 Å². The fourth-order valence-electron chi connectivity index (χ4n) is 1.81. The lowest BCUT2D eigenvalue weighted by Crippen LogP contribution is -2.43. The van der Waals surface area contributed by atoms with E-state index >= 15 is 0 Å². The number of hydrogen-bond acceptors (Lipinski definition) is 4. The van der Waals surface area contributed by atoms with Crippen LogP contribution in [0.15, 0.2) is 16.5 Å². The zero-order valence-electron chi connectivity index (χ0n) is 9.44. The first-order chi connectivity index (χ1) is 7.78. The summed E-state index contributed by atoms with van der Waals surface area (Å²) in [7, 11) is 2.16. The lowest BCUT2D eigenvalue weighted by molar-refractivity contribution is 0.140. The predicted molar refractivity (Wildman–Crippen MR) is 67.3 cm³/mol. The van der Waals surface area contributed by atoms with Crippen LogP contribution >= 0.6 is 12.6 Å². The predicted octanol–water partition coefficient (Wildman–Crippen LogP) is 1.27. The van der Waals surface area contributed by atoms with Crippen molar-refractivity contribution >= 4 is 12.6 Å². The van der Waals surface area contributed by atoms with Gasteiger partial charge in [-0.05, 0) is 30.4 Å². The second-order valence-corrected chi connectivity index (χ2v) is 4.31. The van der Waals surface area contributed by atoms with Crippen LogP contribution in [0.25, 0.3) is 0 Å². The first-order valence-corrected chi connectivity index (χ1v) is 5.87. The van der Waals surface area contributed by atoms with E-state index in [-0.39, 0.29) is 0 Å². The van der Waals surface area contributed by atoms with E-state index < -0.39 is 0 Å². The number of hydrogen-bond donors (Lipinski definition) is 1. The lowest BCUT2D eigenvalue weighted by Gasteiger charge is -2.31. The fourth-order valence-corrected chi connectivity index (χ4v) is 1.92. The highest BCUT2D eigenvalue weighted by Crippen LogP contribution is 2.11. The Balaban J connectivity index is 1.90. The monoisotopic (exact) mass is 236 g/mol. The first kappa shape index (κ1) is 11.6. The summed E-state index contributed by atoms with van der Waals surface area (Å²) in [5, 5.41) is 2.54. The van der Waals surface area contributed by atoms with Gasteiger partial charge in [0.25, 0.3) is 0 Å². The maximum absolute atomic E-state index is 5.58. The molecule has 0 aromatic carbocycles. The summed E-state index contributed by atoms with van der Waals surface area (Å²) in [6.07, 6.45) is 0. The third kappa shape index (κ3) is 3.05. The Labute approximate surface area is 102 Å². The van der Waals surface area contributed by atoms with Crippen molar-refractivity contribution in [3.63, 3.8) is 0 Å². The number of rotatable bonds is 2. The minimum Gasteiger partial charge on any atom is -0.451 e. The standard InChI is InChI=1S/C12H16N2OS/c1-13-5-7-14(8-6-13)10-12-3-2-11(15-12)4-9-16/h2-3,16H,5-8,10H2,1H3. The van der Waals surface area contributed by atoms with E-state index in [2.05, 4.69) is 40.6 Å². The summed E-state index contributed by atoms with van der Waals surface area (Å²) >= 11 is 3.84. The van der Waals surface area contributed by atoms with Gasteiger partial charge in [0.15, 0.2) is 5.76 Å². The molecule has 0 saturated carbocycles. The smallest absolute Gasteiger partial charge is 0.177 e. The molecule has 1 aliphatic heterocycles. The van der Waals surface area contributed by atoms with Gasteiger partial charge in [-0.25, -0.2) is 0 Å². The molecule has 1 fully saturated rings. The van der Waals surface area contributed by atoms with Crippen LogP contribution in [0.3, 0.4) is 0 Å². The van der Waals surface area contributed by atoms with Crippen molar-refractivity contribution in [2.24, 2.45) is 0 Å². The van der Waals surface area contributed by atoms with Crippen molar-refractivity contribution in [1.82, 2.24) is 9.80 Å². The maximum Gasteiger partial charge on any atom is 0.177 e. The third-order valence-electron chi connectivity index (χ3n) is 2.82. The van der Waals surface area contributed by atoms with Gasteiger partial charge in [0.05, 0.1) is 6.54 Å². The van der Waals surface area contributed by atoms with Crippen molar-refractivity contribution in [2.45, 2.75) is 6.54 Å². The van der Waals surface area contributed by atoms with Gasteiger partial charge >= 0.3 is 0 Å². The van der Waals surface area contributed by atoms with Crippen LogP contribution in [0, 0.1) is 11.2 Å². The Morgan fingerprint density at radius 1 is 1.31 bits per heavy atom. The summed E-state index contributed by atoms with van der Waals surface area (Å²) in [6, 6.07) is 3.89. The quantitative estimate of drug-likeness (QED) is 0.616. The minimum absolute atomic E-state index is 0.694. The molecule has 1 aliphatic rings. The Morgan fingerprint density at radius 3 is 2.75 bits per heavy atom. The van der Waals surface area contributed by atoms with E-state index in [1.807, 2.05) is 12.1 Å². The van der Waals surface area contributed by atoms with Gasteiger partial charge in [-0.15, -0.1) is 0 Å². The van der Waals surface area contributed by atoms with E-state index in [9.17, 15) is 0 Å². The van der Waals surface area contributed by atoms with Crippen LogP contribution in [0.4, 0.5) is 0 Å². The molecule has 1 aromatic heterocycles. The molecule has 0 unspecified atom stereocenters. The molecule has 1 saturated heterocycles. The molecule has 0 spiro atoms. The summed E-state index contributed by atoms with van der Waals surface area (Å²) in [5.74, 6) is 4.47. The summed E-state index contributed by atoms with van der Waals surface area (Å²) < 4.78 is 5.58. The average molecular weight is 236 g/mol. The highest BCUT2D eigenvalue weighted by atomic mass is 32.1. The van der Waals surface area contributed by atoms with Gasteiger partial charge in [0, 0.05) is 26.2 Å². The number of piperazine rings is 1. The second kappa shape index (κ2) is 5.44. The molecule has 0 radical (unpaired) electrons. The molecule has 0 N–H and O–H groups in total.